The summed E-state index contributed by atoms with van der Waals surface area (Å²) < 4.78 is 48.1. The van der Waals surface area contributed by atoms with Gasteiger partial charge in [0.25, 0.3) is 0 Å². The molecule has 0 aliphatic heterocycles. The van der Waals surface area contributed by atoms with Crippen molar-refractivity contribution in [2.24, 2.45) is 12.5 Å². The molecule has 196 valence electrons. The van der Waals surface area contributed by atoms with Crippen LogP contribution in [0.3, 0.4) is 0 Å². The Bertz CT molecular complexity index is 1300. The molecule has 3 aliphatic carbocycles. The molecule has 3 aliphatic rings. The van der Waals surface area contributed by atoms with Crippen LogP contribution >= 0.6 is 11.6 Å². The van der Waals surface area contributed by atoms with Crippen molar-refractivity contribution in [2.45, 2.75) is 50.1 Å². The van der Waals surface area contributed by atoms with Gasteiger partial charge in [-0.05, 0) is 62.1 Å². The summed E-state index contributed by atoms with van der Waals surface area (Å²) in [6, 6.07) is 12.3. The minimum atomic E-state index is -4.48. The zero-order chi connectivity index (χ0) is 26.4. The highest BCUT2D eigenvalue weighted by atomic mass is 35.5. The number of ether oxygens (including phenoxy) is 1. The first-order chi connectivity index (χ1) is 17.5. The minimum Gasteiger partial charge on any atom is -0.409 e. The van der Waals surface area contributed by atoms with Crippen LogP contribution in [0, 0.1) is 5.41 Å². The summed E-state index contributed by atoms with van der Waals surface area (Å²) in [6.07, 6.45) is 0.253. The lowest BCUT2D eigenvalue weighted by atomic mass is 9.53. The quantitative estimate of drug-likeness (QED) is 0.359. The summed E-state index contributed by atoms with van der Waals surface area (Å²) in [7, 11) is 3.49. The lowest BCUT2D eigenvalue weighted by Gasteiger charge is -2.53. The molecule has 1 heterocycles. The van der Waals surface area contributed by atoms with Crippen LogP contribution in [0.25, 0.3) is 11.4 Å². The summed E-state index contributed by atoms with van der Waals surface area (Å²) >= 11 is 6.12. The van der Waals surface area contributed by atoms with Crippen LogP contribution in [0.15, 0.2) is 48.5 Å². The van der Waals surface area contributed by atoms with Gasteiger partial charge in [0, 0.05) is 31.6 Å². The van der Waals surface area contributed by atoms with Gasteiger partial charge in [-0.1, -0.05) is 41.9 Å². The number of hydrogen-bond donors (Lipinski definition) is 0. The fourth-order valence-electron chi connectivity index (χ4n) is 6.05. The van der Waals surface area contributed by atoms with Gasteiger partial charge in [0.2, 0.25) is 0 Å². The van der Waals surface area contributed by atoms with Crippen molar-refractivity contribution in [3.63, 3.8) is 0 Å². The number of alkyl halides is 3. The molecule has 3 fully saturated rings. The van der Waals surface area contributed by atoms with E-state index < -0.39 is 17.8 Å². The average molecular weight is 533 g/mol. The van der Waals surface area contributed by atoms with Gasteiger partial charge in [-0.3, -0.25) is 0 Å². The van der Waals surface area contributed by atoms with Crippen LogP contribution in [0.4, 0.5) is 18.0 Å². The van der Waals surface area contributed by atoms with E-state index in [0.717, 1.165) is 50.4 Å². The first-order valence-electron chi connectivity index (χ1n) is 12.3. The van der Waals surface area contributed by atoms with Gasteiger partial charge in [0.05, 0.1) is 10.6 Å². The third-order valence-electron chi connectivity index (χ3n) is 8.14. The van der Waals surface area contributed by atoms with E-state index in [2.05, 4.69) is 10.2 Å². The van der Waals surface area contributed by atoms with Crippen LogP contribution in [-0.2, 0) is 18.6 Å². The first-order valence-corrected chi connectivity index (χ1v) is 12.7. The third-order valence-corrected chi connectivity index (χ3v) is 8.45. The average Bonchev–Trinajstić information content (AvgIpc) is 3.27. The van der Waals surface area contributed by atoms with Crippen molar-refractivity contribution in [3.05, 3.63) is 64.9 Å². The van der Waals surface area contributed by atoms with Crippen molar-refractivity contribution in [1.29, 1.82) is 0 Å². The number of nitrogens with zero attached hydrogens (tertiary/aromatic N) is 4. The van der Waals surface area contributed by atoms with Gasteiger partial charge >= 0.3 is 12.3 Å². The Morgan fingerprint density at radius 3 is 2.30 bits per heavy atom. The maximum absolute atomic E-state index is 13.6. The molecule has 3 aromatic rings. The van der Waals surface area contributed by atoms with Gasteiger partial charge in [-0.15, -0.1) is 10.2 Å². The van der Waals surface area contributed by atoms with Crippen molar-refractivity contribution in [3.8, 4) is 17.1 Å². The number of halogens is 4. The van der Waals surface area contributed by atoms with Crippen molar-refractivity contribution < 1.29 is 22.7 Å². The number of para-hydroxylation sites is 1. The van der Waals surface area contributed by atoms with E-state index in [4.69, 9.17) is 16.3 Å². The zero-order valence-corrected chi connectivity index (χ0v) is 21.4. The molecule has 37 heavy (non-hydrogen) atoms. The van der Waals surface area contributed by atoms with E-state index in [1.54, 1.807) is 53.9 Å². The summed E-state index contributed by atoms with van der Waals surface area (Å²) in [6.45, 7) is 0.565. The Balaban J connectivity index is 1.30. The number of hydrogen-bond acceptors (Lipinski definition) is 4. The summed E-state index contributed by atoms with van der Waals surface area (Å²) in [5.41, 5.74) is -0.939. The molecule has 3 saturated carbocycles. The Labute approximate surface area is 218 Å². The second kappa shape index (κ2) is 9.35. The molecule has 6 rings (SSSR count). The van der Waals surface area contributed by atoms with E-state index in [1.165, 1.54) is 12.1 Å². The highest BCUT2D eigenvalue weighted by Gasteiger charge is 2.52. The van der Waals surface area contributed by atoms with Gasteiger partial charge < -0.3 is 14.2 Å². The van der Waals surface area contributed by atoms with Gasteiger partial charge in [-0.25, -0.2) is 4.79 Å². The number of carbonyl (C=O) groups is 1. The first kappa shape index (κ1) is 25.6. The fraction of sp³-hybridized carbons (Fsp3) is 0.444. The normalized spacial score (nSPS) is 23.2. The summed E-state index contributed by atoms with van der Waals surface area (Å²) in [5.74, 6) is 1.29. The van der Waals surface area contributed by atoms with Crippen molar-refractivity contribution in [1.82, 2.24) is 19.7 Å². The molecule has 0 saturated heterocycles. The van der Waals surface area contributed by atoms with E-state index in [0.29, 0.717) is 17.3 Å². The lowest BCUT2D eigenvalue weighted by molar-refractivity contribution is -0.137. The predicted octanol–water partition coefficient (Wildman–Crippen LogP) is 6.88. The molecule has 0 N–H and O–H groups in total. The largest absolute Gasteiger partial charge is 0.417 e. The van der Waals surface area contributed by atoms with Crippen LogP contribution in [0.2, 0.25) is 5.02 Å². The standard InChI is InChI=1S/C27H28ClF3N4O2/c1-34(24(36)37-21-10-6-5-9-20(21)28)17-25-11-14-26(15-12-25,16-13-25)23-33-32-22(35(23)2)18-7-3-4-8-19(18)27(29,30)31/h3-10H,11-17H2,1-2H3. The molecule has 1 aromatic heterocycles. The predicted molar refractivity (Wildman–Crippen MR) is 133 cm³/mol. The van der Waals surface area contributed by atoms with Crippen LogP contribution in [0.1, 0.15) is 49.9 Å². The maximum atomic E-state index is 13.6. The Morgan fingerprint density at radius 1 is 1.03 bits per heavy atom. The monoisotopic (exact) mass is 532 g/mol. The Hall–Kier alpha value is -3.07. The van der Waals surface area contributed by atoms with Crippen LogP contribution in [0.5, 0.6) is 5.75 Å². The summed E-state index contributed by atoms with van der Waals surface area (Å²) in [4.78, 5) is 14.3. The lowest BCUT2D eigenvalue weighted by Crippen LogP contribution is -2.50. The van der Waals surface area contributed by atoms with Gasteiger partial charge in [0.1, 0.15) is 5.82 Å². The van der Waals surface area contributed by atoms with Crippen LogP contribution < -0.4 is 4.74 Å². The van der Waals surface area contributed by atoms with E-state index in [-0.39, 0.29) is 22.2 Å². The van der Waals surface area contributed by atoms with E-state index in [9.17, 15) is 18.0 Å². The molecular weight excluding hydrogens is 505 g/mol. The second-order valence-electron chi connectivity index (χ2n) is 10.4. The SMILES string of the molecule is CN(CC12CCC(c3nnc(-c4ccccc4C(F)(F)F)n3C)(CC1)CC2)C(=O)Oc1ccccc1Cl. The number of benzene rings is 2. The molecule has 0 atom stereocenters. The molecule has 0 spiro atoms. The smallest absolute Gasteiger partial charge is 0.409 e. The van der Waals surface area contributed by atoms with Gasteiger partial charge in [-0.2, -0.15) is 13.2 Å². The maximum Gasteiger partial charge on any atom is 0.417 e. The molecule has 6 nitrogen and oxygen atoms in total. The number of rotatable bonds is 5. The van der Waals surface area contributed by atoms with E-state index >= 15 is 0 Å². The van der Waals surface area contributed by atoms with Crippen molar-refractivity contribution >= 4 is 17.7 Å². The number of fused-ring (bicyclic) bond motifs is 3. The fourth-order valence-corrected chi connectivity index (χ4v) is 6.23. The highest BCUT2D eigenvalue weighted by Crippen LogP contribution is 2.57. The van der Waals surface area contributed by atoms with Crippen LogP contribution in [-0.4, -0.2) is 39.4 Å². The molecule has 2 bridgehead atoms. The molecular formula is C27H28ClF3N4O2. The van der Waals surface area contributed by atoms with Crippen molar-refractivity contribution in [2.75, 3.05) is 13.6 Å². The number of amides is 1. The van der Waals surface area contributed by atoms with E-state index in [1.807, 2.05) is 0 Å². The molecule has 0 radical (unpaired) electrons. The number of aromatic nitrogens is 3. The topological polar surface area (TPSA) is 60.2 Å². The molecule has 2 aromatic carbocycles. The Kier molecular flexibility index (Phi) is 6.46. The molecule has 10 heteroatoms. The highest BCUT2D eigenvalue weighted by molar-refractivity contribution is 6.32. The summed E-state index contributed by atoms with van der Waals surface area (Å²) in [5, 5.41) is 9.01. The number of carbonyl (C=O) groups excluding carboxylic acids is 1. The third kappa shape index (κ3) is 4.69. The molecule has 0 unspecified atom stereocenters. The van der Waals surface area contributed by atoms with Gasteiger partial charge in [0.15, 0.2) is 11.6 Å². The molecule has 1 amide bonds. The zero-order valence-electron chi connectivity index (χ0n) is 20.7. The second-order valence-corrected chi connectivity index (χ2v) is 10.8. The Morgan fingerprint density at radius 2 is 1.65 bits per heavy atom. The minimum absolute atomic E-state index is 0.0275.